The van der Waals surface area contributed by atoms with Crippen molar-refractivity contribution in [3.8, 4) is 0 Å². The molecule has 0 aliphatic carbocycles. The van der Waals surface area contributed by atoms with Crippen LogP contribution in [0.1, 0.15) is 5.56 Å². The second kappa shape index (κ2) is 70.3. The van der Waals surface area contributed by atoms with Gasteiger partial charge in [0.05, 0.1) is 0 Å². The quantitative estimate of drug-likeness (QED) is 0.380. The Bertz CT molecular complexity index is 172. The zero-order valence-electron chi connectivity index (χ0n) is 11.1. The molecule has 0 unspecified atom stereocenters. The molecule has 0 bridgehead atoms. The van der Waals surface area contributed by atoms with Gasteiger partial charge < -0.3 is 14.4 Å². The maximum absolute atomic E-state index is 3.72. The van der Waals surface area contributed by atoms with E-state index in [1.54, 1.807) is 0 Å². The first-order valence-corrected chi connectivity index (χ1v) is 2.68. The summed E-state index contributed by atoms with van der Waals surface area (Å²) in [5, 5.41) is 0. The van der Waals surface area contributed by atoms with Crippen molar-refractivity contribution in [2.75, 3.05) is 0 Å². The standard InChI is InChI=1S/C8H8.CH3.9W.3Y/c1-2-8-6-4-3-5-7-8;;;;;;;;;;;;;/h3-6H,1-2H2;1H3;;;;;;;;;;;;/q-2;-1;;;;;;;;;;;;. The number of rotatable bonds is 1. The predicted molar refractivity (Wildman–Crippen MR) is 40.8 cm³/mol. The minimum atomic E-state index is 0. The van der Waals surface area contributed by atoms with Crippen LogP contribution in [0, 0.1) is 20.4 Å². The van der Waals surface area contributed by atoms with E-state index >= 15 is 0 Å². The van der Waals surface area contributed by atoms with E-state index in [9.17, 15) is 0 Å². The van der Waals surface area contributed by atoms with Gasteiger partial charge in [-0.3, -0.25) is 0 Å². The molecule has 12 heteroatoms. The van der Waals surface area contributed by atoms with Gasteiger partial charge >= 0.3 is 0 Å². The molecule has 0 saturated heterocycles. The average molecular weight is 2040 g/mol. The molecule has 0 nitrogen and oxygen atoms in total. The van der Waals surface area contributed by atoms with E-state index in [2.05, 4.69) is 13.0 Å². The van der Waals surface area contributed by atoms with E-state index < -0.39 is 0 Å². The van der Waals surface area contributed by atoms with E-state index in [0.717, 1.165) is 6.42 Å². The zero-order valence-corrected chi connectivity index (χ0v) is 46.0. The van der Waals surface area contributed by atoms with Crippen molar-refractivity contribution in [3.05, 3.63) is 50.2 Å². The van der Waals surface area contributed by atoms with Gasteiger partial charge in [-0.1, -0.05) is 0 Å². The largest absolute Gasteiger partial charge is 0.358 e. The molecule has 0 heterocycles. The Morgan fingerprint density at radius 2 is 1.05 bits per heavy atom. The van der Waals surface area contributed by atoms with E-state index in [1.807, 2.05) is 24.3 Å². The first-order chi connectivity index (χ1) is 3.93. The Labute approximate surface area is 335 Å². The van der Waals surface area contributed by atoms with Crippen molar-refractivity contribution in [2.45, 2.75) is 6.42 Å². The zero-order chi connectivity index (χ0) is 5.82. The number of hydrogen-bond donors (Lipinski definition) is 0. The Morgan fingerprint density at radius 1 is 0.714 bits per heavy atom. The molecule has 0 saturated carbocycles. The summed E-state index contributed by atoms with van der Waals surface area (Å²) in [4.78, 5) is 0. The maximum Gasteiger partial charge on any atom is 0 e. The summed E-state index contributed by atoms with van der Waals surface area (Å²) in [6, 6.07) is 10.9. The van der Waals surface area contributed by atoms with E-state index in [0.29, 0.717) is 0 Å². The molecule has 0 fully saturated rings. The topological polar surface area (TPSA) is 0 Å². The number of hydrogen-bond acceptors (Lipinski definition) is 0. The summed E-state index contributed by atoms with van der Waals surface area (Å²) in [5.74, 6) is 0. The normalized spacial score (nSPS) is 3.48. The fourth-order valence-corrected chi connectivity index (χ4v) is 0.586. The van der Waals surface area contributed by atoms with Crippen LogP contribution in [0.25, 0.3) is 0 Å². The predicted octanol–water partition coefficient (Wildman–Crippen LogP) is 2.28. The van der Waals surface area contributed by atoms with Crippen LogP contribution >= 0.6 is 0 Å². The molecule has 1 rings (SSSR count). The monoisotopic (exact) mass is 2040 g/mol. The van der Waals surface area contributed by atoms with Gasteiger partial charge in [-0.05, 0) is 0 Å². The second-order valence-corrected chi connectivity index (χ2v) is 1.64. The van der Waals surface area contributed by atoms with Crippen LogP contribution in [-0.4, -0.2) is 0 Å². The molecule has 0 aromatic heterocycles. The molecular weight excluding hydrogens is 2030 g/mol. The Balaban J connectivity index is -0.00000000448. The fraction of sp³-hybridized carbons (Fsp3) is 0.111. The molecule has 0 amide bonds. The van der Waals surface area contributed by atoms with Gasteiger partial charge in [0.25, 0.3) is 0 Å². The summed E-state index contributed by atoms with van der Waals surface area (Å²) >= 11 is 0. The molecule has 21 heavy (non-hydrogen) atoms. The first-order valence-electron chi connectivity index (χ1n) is 2.68. The average Bonchev–Trinajstić information content (AvgIpc) is 1.90. The van der Waals surface area contributed by atoms with Gasteiger partial charge in [-0.25, -0.2) is 0 Å². The molecule has 1 aromatic carbocycles. The van der Waals surface area contributed by atoms with Crippen LogP contribution in [-0.2, 0) is 294 Å². The molecule has 0 atom stereocenters. The van der Waals surface area contributed by atoms with E-state index in [1.165, 1.54) is 5.56 Å². The van der Waals surface area contributed by atoms with Crippen LogP contribution in [0.3, 0.4) is 0 Å². The van der Waals surface area contributed by atoms with Crippen molar-refractivity contribution in [3.63, 3.8) is 0 Å². The number of benzene rings is 1. The van der Waals surface area contributed by atoms with Gasteiger partial charge in [-0.15, -0.1) is 0 Å². The van der Waals surface area contributed by atoms with Crippen molar-refractivity contribution < 1.29 is 288 Å². The summed E-state index contributed by atoms with van der Waals surface area (Å²) < 4.78 is 0. The molecule has 0 aliphatic heterocycles. The minimum absolute atomic E-state index is 0. The molecule has 3 radical (unpaired) electrons. The van der Waals surface area contributed by atoms with Crippen LogP contribution in [0.4, 0.5) is 0 Å². The summed E-state index contributed by atoms with van der Waals surface area (Å²) in [5.41, 5.74) is 1.17. The van der Waals surface area contributed by atoms with Gasteiger partial charge in [0.1, 0.15) is 0 Å². The smallest absolute Gasteiger partial charge is 0 e. The van der Waals surface area contributed by atoms with E-state index in [-0.39, 0.29) is 295 Å². The van der Waals surface area contributed by atoms with Gasteiger partial charge in [0.2, 0.25) is 0 Å². The van der Waals surface area contributed by atoms with Gasteiger partial charge in [0.15, 0.2) is 0 Å². The summed E-state index contributed by atoms with van der Waals surface area (Å²) in [6.07, 6.45) is 0.834. The molecule has 0 spiro atoms. The third-order valence-corrected chi connectivity index (χ3v) is 1.04. The van der Waals surface area contributed by atoms with Crippen LogP contribution in [0.2, 0.25) is 0 Å². The van der Waals surface area contributed by atoms with Crippen LogP contribution in [0.5, 0.6) is 0 Å². The van der Waals surface area contributed by atoms with Crippen molar-refractivity contribution in [1.82, 2.24) is 0 Å². The molecule has 0 N–H and O–H groups in total. The van der Waals surface area contributed by atoms with Gasteiger partial charge in [-0.2, -0.15) is 42.3 Å². The second-order valence-electron chi connectivity index (χ2n) is 1.64. The first kappa shape index (κ1) is 87.7. The Hall–Kier alpha value is 8.73. The van der Waals surface area contributed by atoms with Crippen LogP contribution in [0.15, 0.2) is 24.3 Å². The van der Waals surface area contributed by atoms with E-state index in [4.69, 9.17) is 0 Å². The summed E-state index contributed by atoms with van der Waals surface area (Å²) in [7, 11) is 0. The Morgan fingerprint density at radius 3 is 1.19 bits per heavy atom. The fourth-order valence-electron chi connectivity index (χ4n) is 0.586. The van der Waals surface area contributed by atoms with Crippen LogP contribution < -0.4 is 0 Å². The van der Waals surface area contributed by atoms with Crippen molar-refractivity contribution in [1.29, 1.82) is 0 Å². The molecule has 0 aliphatic rings. The minimum Gasteiger partial charge on any atom is -0.358 e. The molecule has 113 valence electrons. The molecule has 1 aromatic rings. The SMILES string of the molecule is [CH2-]Cc1[c-]cccc1.[CH3-].[W].[W].[W].[W].[W].[W].[W].[W].[W].[Y].[Y].[Y]. The Kier molecular flexibility index (Phi) is 293. The van der Waals surface area contributed by atoms with Crippen molar-refractivity contribution in [2.24, 2.45) is 0 Å². The van der Waals surface area contributed by atoms with Gasteiger partial charge in [0, 0.05) is 288 Å². The summed E-state index contributed by atoms with van der Waals surface area (Å²) in [6.45, 7) is 3.72. The molecular formula is C9H11W9Y3-3. The third-order valence-electron chi connectivity index (χ3n) is 1.04. The van der Waals surface area contributed by atoms with Crippen molar-refractivity contribution >= 4 is 0 Å². The maximum atomic E-state index is 3.72. The third kappa shape index (κ3) is 58.5.